The molecule has 0 aliphatic heterocycles. The van der Waals surface area contributed by atoms with Crippen molar-refractivity contribution in [2.24, 2.45) is 0 Å². The van der Waals surface area contributed by atoms with Crippen molar-refractivity contribution in [3.63, 3.8) is 0 Å². The van der Waals surface area contributed by atoms with Gasteiger partial charge in [-0.2, -0.15) is 0 Å². The molecule has 72 valence electrons. The molecule has 0 aliphatic carbocycles. The molecule has 0 atom stereocenters. The standard InChI is InChI=1S/C9H7FN2O2/c10-4-1-2-5-6(3-4)12-8(11)7(5)9(13)14/h1-3,12H,11H2,(H,13,14). The van der Waals surface area contributed by atoms with Crippen molar-refractivity contribution in [3.8, 4) is 0 Å². The second-order valence-electron chi connectivity index (χ2n) is 2.91. The number of aromatic amines is 1. The summed E-state index contributed by atoms with van der Waals surface area (Å²) < 4.78 is 12.8. The molecule has 0 spiro atoms. The molecule has 2 rings (SSSR count). The number of aromatic carboxylic acids is 1. The molecule has 0 bridgehead atoms. The highest BCUT2D eigenvalue weighted by Crippen LogP contribution is 2.24. The highest BCUT2D eigenvalue weighted by Gasteiger charge is 2.15. The summed E-state index contributed by atoms with van der Waals surface area (Å²) in [6, 6.07) is 3.79. The average Bonchev–Trinajstić information content (AvgIpc) is 2.39. The fourth-order valence-corrected chi connectivity index (χ4v) is 1.42. The van der Waals surface area contributed by atoms with Gasteiger partial charge in [-0.05, 0) is 18.2 Å². The number of hydrogen-bond donors (Lipinski definition) is 3. The van der Waals surface area contributed by atoms with Crippen molar-refractivity contribution >= 4 is 22.7 Å². The summed E-state index contributed by atoms with van der Waals surface area (Å²) in [5.41, 5.74) is 5.82. The number of nitrogen functional groups attached to an aromatic ring is 1. The lowest BCUT2D eigenvalue weighted by molar-refractivity contribution is 0.0700. The number of carbonyl (C=O) groups is 1. The third kappa shape index (κ3) is 1.10. The molecular weight excluding hydrogens is 187 g/mol. The molecule has 5 heteroatoms. The summed E-state index contributed by atoms with van der Waals surface area (Å²) in [7, 11) is 0. The van der Waals surface area contributed by atoms with Crippen LogP contribution in [-0.2, 0) is 0 Å². The van der Waals surface area contributed by atoms with E-state index in [-0.39, 0.29) is 11.4 Å². The number of carboxylic acids is 1. The molecule has 0 saturated carbocycles. The van der Waals surface area contributed by atoms with Gasteiger partial charge in [-0.15, -0.1) is 0 Å². The van der Waals surface area contributed by atoms with Crippen LogP contribution in [0.5, 0.6) is 0 Å². The monoisotopic (exact) mass is 194 g/mol. The van der Waals surface area contributed by atoms with E-state index in [0.717, 1.165) is 0 Å². The lowest BCUT2D eigenvalue weighted by Crippen LogP contribution is -1.99. The number of anilines is 1. The first-order valence-corrected chi connectivity index (χ1v) is 3.89. The van der Waals surface area contributed by atoms with Gasteiger partial charge < -0.3 is 15.8 Å². The minimum atomic E-state index is -1.12. The van der Waals surface area contributed by atoms with E-state index in [1.54, 1.807) is 0 Å². The average molecular weight is 194 g/mol. The number of nitrogens with one attached hydrogen (secondary N) is 1. The topological polar surface area (TPSA) is 79.1 Å². The molecule has 1 aromatic heterocycles. The third-order valence-electron chi connectivity index (χ3n) is 2.00. The molecule has 14 heavy (non-hydrogen) atoms. The van der Waals surface area contributed by atoms with Gasteiger partial charge in [-0.3, -0.25) is 0 Å². The lowest BCUT2D eigenvalue weighted by Gasteiger charge is -1.92. The van der Waals surface area contributed by atoms with Crippen LogP contribution in [-0.4, -0.2) is 16.1 Å². The second kappa shape index (κ2) is 2.73. The molecule has 0 radical (unpaired) electrons. The summed E-state index contributed by atoms with van der Waals surface area (Å²) in [6.45, 7) is 0. The fourth-order valence-electron chi connectivity index (χ4n) is 1.42. The van der Waals surface area contributed by atoms with Crippen molar-refractivity contribution in [3.05, 3.63) is 29.6 Å². The van der Waals surface area contributed by atoms with Crippen LogP contribution >= 0.6 is 0 Å². The van der Waals surface area contributed by atoms with E-state index in [4.69, 9.17) is 10.8 Å². The van der Waals surface area contributed by atoms with Gasteiger partial charge >= 0.3 is 5.97 Å². The first-order chi connectivity index (χ1) is 6.59. The Balaban J connectivity index is 2.84. The van der Waals surface area contributed by atoms with Gasteiger partial charge in [0.1, 0.15) is 17.2 Å². The fraction of sp³-hybridized carbons (Fsp3) is 0. The van der Waals surface area contributed by atoms with E-state index in [1.807, 2.05) is 0 Å². The summed E-state index contributed by atoms with van der Waals surface area (Å²) in [6.07, 6.45) is 0. The Bertz CT molecular complexity index is 519. The van der Waals surface area contributed by atoms with Crippen molar-refractivity contribution in [2.75, 3.05) is 5.73 Å². The third-order valence-corrected chi connectivity index (χ3v) is 2.00. The molecule has 1 heterocycles. The normalized spacial score (nSPS) is 10.6. The highest BCUT2D eigenvalue weighted by molar-refractivity contribution is 6.08. The molecule has 0 fully saturated rings. The minimum Gasteiger partial charge on any atom is -0.478 e. The predicted molar refractivity (Wildman–Crippen MR) is 49.6 cm³/mol. The second-order valence-corrected chi connectivity index (χ2v) is 2.91. The molecule has 2 aromatic rings. The summed E-state index contributed by atoms with van der Waals surface area (Å²) >= 11 is 0. The number of carboxylic acid groups (broad SMARTS) is 1. The van der Waals surface area contributed by atoms with Crippen molar-refractivity contribution < 1.29 is 14.3 Å². The Labute approximate surface area is 78.1 Å². The van der Waals surface area contributed by atoms with Crippen LogP contribution in [0.3, 0.4) is 0 Å². The van der Waals surface area contributed by atoms with Crippen LogP contribution in [0.15, 0.2) is 18.2 Å². The van der Waals surface area contributed by atoms with E-state index in [1.165, 1.54) is 18.2 Å². The maximum atomic E-state index is 12.8. The predicted octanol–water partition coefficient (Wildman–Crippen LogP) is 1.59. The molecule has 1 aromatic carbocycles. The van der Waals surface area contributed by atoms with E-state index in [2.05, 4.69) is 4.98 Å². The van der Waals surface area contributed by atoms with Crippen LogP contribution in [0.1, 0.15) is 10.4 Å². The maximum Gasteiger partial charge on any atom is 0.340 e. The number of rotatable bonds is 1. The van der Waals surface area contributed by atoms with Gasteiger partial charge in [-0.1, -0.05) is 0 Å². The number of H-pyrrole nitrogens is 1. The van der Waals surface area contributed by atoms with Gasteiger partial charge in [0.05, 0.1) is 5.52 Å². The Kier molecular flexibility index (Phi) is 1.67. The molecule has 0 unspecified atom stereocenters. The Morgan fingerprint density at radius 3 is 2.86 bits per heavy atom. The number of halogens is 1. The van der Waals surface area contributed by atoms with E-state index < -0.39 is 11.8 Å². The Hall–Kier alpha value is -2.04. The van der Waals surface area contributed by atoms with Crippen molar-refractivity contribution in [2.45, 2.75) is 0 Å². The molecule has 0 saturated heterocycles. The highest BCUT2D eigenvalue weighted by atomic mass is 19.1. The lowest BCUT2D eigenvalue weighted by atomic mass is 10.1. The number of fused-ring (bicyclic) bond motifs is 1. The quantitative estimate of drug-likeness (QED) is 0.644. The first kappa shape index (κ1) is 8.55. The van der Waals surface area contributed by atoms with Crippen LogP contribution in [0.2, 0.25) is 0 Å². The summed E-state index contributed by atoms with van der Waals surface area (Å²) in [5.74, 6) is -1.52. The van der Waals surface area contributed by atoms with E-state index >= 15 is 0 Å². The largest absolute Gasteiger partial charge is 0.478 e. The van der Waals surface area contributed by atoms with Crippen LogP contribution in [0.25, 0.3) is 10.9 Å². The van der Waals surface area contributed by atoms with Crippen LogP contribution < -0.4 is 5.73 Å². The summed E-state index contributed by atoms with van der Waals surface area (Å²) in [5, 5.41) is 9.24. The zero-order valence-corrected chi connectivity index (χ0v) is 7.04. The smallest absolute Gasteiger partial charge is 0.340 e. The zero-order valence-electron chi connectivity index (χ0n) is 7.04. The Morgan fingerprint density at radius 2 is 2.21 bits per heavy atom. The van der Waals surface area contributed by atoms with Gasteiger partial charge in [0.25, 0.3) is 0 Å². The van der Waals surface area contributed by atoms with Gasteiger partial charge in [0.2, 0.25) is 0 Å². The summed E-state index contributed by atoms with van der Waals surface area (Å²) in [4.78, 5) is 13.4. The molecule has 4 N–H and O–H groups in total. The van der Waals surface area contributed by atoms with E-state index in [9.17, 15) is 9.18 Å². The number of aromatic nitrogens is 1. The Morgan fingerprint density at radius 1 is 1.50 bits per heavy atom. The first-order valence-electron chi connectivity index (χ1n) is 3.89. The number of nitrogens with two attached hydrogens (primary N) is 1. The maximum absolute atomic E-state index is 12.8. The van der Waals surface area contributed by atoms with Gasteiger partial charge in [0.15, 0.2) is 0 Å². The number of benzene rings is 1. The zero-order chi connectivity index (χ0) is 10.3. The molecule has 0 amide bonds. The molecule has 4 nitrogen and oxygen atoms in total. The minimum absolute atomic E-state index is 0.0139. The molecule has 0 aliphatic rings. The van der Waals surface area contributed by atoms with E-state index in [0.29, 0.717) is 10.9 Å². The SMILES string of the molecule is Nc1[nH]c2cc(F)ccc2c1C(=O)O. The van der Waals surface area contributed by atoms with Crippen LogP contribution in [0.4, 0.5) is 10.2 Å². The van der Waals surface area contributed by atoms with Crippen molar-refractivity contribution in [1.82, 2.24) is 4.98 Å². The number of hydrogen-bond acceptors (Lipinski definition) is 2. The van der Waals surface area contributed by atoms with Crippen LogP contribution in [0, 0.1) is 5.82 Å². The molecular formula is C9H7FN2O2. The van der Waals surface area contributed by atoms with Gasteiger partial charge in [-0.25, -0.2) is 9.18 Å². The van der Waals surface area contributed by atoms with Crippen molar-refractivity contribution in [1.29, 1.82) is 0 Å². The van der Waals surface area contributed by atoms with Gasteiger partial charge in [0, 0.05) is 5.39 Å².